The fraction of sp³-hybridized carbons (Fsp3) is 0.450. The Kier molecular flexibility index (Phi) is 4.72. The number of fused-ring (bicyclic) bond motifs is 1. The maximum Gasteiger partial charge on any atom is 0.433 e. The average Bonchev–Trinajstić information content (AvgIpc) is 3.16. The number of aromatic nitrogens is 2. The number of rotatable bonds is 2. The van der Waals surface area contributed by atoms with E-state index in [1.54, 1.807) is 4.90 Å². The molecule has 0 radical (unpaired) electrons. The number of hydrogen-bond acceptors (Lipinski definition) is 4. The first-order valence-electron chi connectivity index (χ1n) is 9.34. The number of aryl methyl sites for hydroxylation is 1. The van der Waals surface area contributed by atoms with Gasteiger partial charge < -0.3 is 9.80 Å². The van der Waals surface area contributed by atoms with Crippen molar-refractivity contribution in [3.05, 3.63) is 53.0 Å². The molecule has 8 heteroatoms. The number of anilines is 1. The van der Waals surface area contributed by atoms with Gasteiger partial charge in [0.15, 0.2) is 0 Å². The summed E-state index contributed by atoms with van der Waals surface area (Å²) in [4.78, 5) is 24.2. The molecule has 0 aliphatic carbocycles. The topological polar surface area (TPSA) is 49.3 Å². The Morgan fingerprint density at radius 2 is 1.89 bits per heavy atom. The standard InChI is InChI=1S/C20H21F3N4O/c1-13-24-17(20(21,22)23)10-18(25-13)26-8-7-16(12-26)19(28)27-9-6-14-4-2-3-5-15(14)11-27/h2-5,10,16H,6-9,11-12H2,1H3. The summed E-state index contributed by atoms with van der Waals surface area (Å²) >= 11 is 0. The third kappa shape index (κ3) is 3.68. The molecule has 0 spiro atoms. The fourth-order valence-corrected chi connectivity index (χ4v) is 3.97. The number of carbonyl (C=O) groups is 1. The molecule has 0 bridgehead atoms. The lowest BCUT2D eigenvalue weighted by Gasteiger charge is -2.31. The first-order chi connectivity index (χ1) is 13.3. The highest BCUT2D eigenvalue weighted by atomic mass is 19.4. The first kappa shape index (κ1) is 18.7. The Balaban J connectivity index is 1.46. The fourth-order valence-electron chi connectivity index (χ4n) is 3.97. The number of carbonyl (C=O) groups excluding carboxylic acids is 1. The lowest BCUT2D eigenvalue weighted by atomic mass is 9.98. The molecule has 28 heavy (non-hydrogen) atoms. The maximum absolute atomic E-state index is 13.0. The van der Waals surface area contributed by atoms with E-state index in [9.17, 15) is 18.0 Å². The molecule has 1 fully saturated rings. The third-order valence-corrected chi connectivity index (χ3v) is 5.42. The smallest absolute Gasteiger partial charge is 0.356 e. The molecule has 5 nitrogen and oxygen atoms in total. The van der Waals surface area contributed by atoms with Gasteiger partial charge in [0.2, 0.25) is 5.91 Å². The minimum absolute atomic E-state index is 0.0684. The van der Waals surface area contributed by atoms with Gasteiger partial charge in [-0.3, -0.25) is 4.79 Å². The van der Waals surface area contributed by atoms with Crippen LogP contribution in [-0.4, -0.2) is 40.4 Å². The molecule has 1 amide bonds. The van der Waals surface area contributed by atoms with Gasteiger partial charge in [-0.15, -0.1) is 0 Å². The number of hydrogen-bond donors (Lipinski definition) is 0. The van der Waals surface area contributed by atoms with Gasteiger partial charge in [0.05, 0.1) is 5.92 Å². The highest BCUT2D eigenvalue weighted by molar-refractivity contribution is 5.80. The zero-order chi connectivity index (χ0) is 19.9. The lowest BCUT2D eigenvalue weighted by Crippen LogP contribution is -2.40. The van der Waals surface area contributed by atoms with Crippen LogP contribution < -0.4 is 4.90 Å². The van der Waals surface area contributed by atoms with Gasteiger partial charge in [0.25, 0.3) is 0 Å². The largest absolute Gasteiger partial charge is 0.433 e. The maximum atomic E-state index is 13.0. The normalized spacial score (nSPS) is 19.6. The van der Waals surface area contributed by atoms with Crippen molar-refractivity contribution in [3.63, 3.8) is 0 Å². The van der Waals surface area contributed by atoms with E-state index in [1.165, 1.54) is 12.5 Å². The van der Waals surface area contributed by atoms with Crippen molar-refractivity contribution in [2.24, 2.45) is 5.92 Å². The van der Waals surface area contributed by atoms with Crippen molar-refractivity contribution >= 4 is 11.7 Å². The molecule has 0 saturated carbocycles. The molecule has 1 unspecified atom stereocenters. The van der Waals surface area contributed by atoms with E-state index >= 15 is 0 Å². The second kappa shape index (κ2) is 7.07. The summed E-state index contributed by atoms with van der Waals surface area (Å²) in [5.41, 5.74) is 1.49. The first-order valence-corrected chi connectivity index (χ1v) is 9.34. The van der Waals surface area contributed by atoms with Crippen molar-refractivity contribution in [2.75, 3.05) is 24.5 Å². The Morgan fingerprint density at radius 1 is 1.14 bits per heavy atom. The molecule has 3 heterocycles. The summed E-state index contributed by atoms with van der Waals surface area (Å²) in [7, 11) is 0. The Morgan fingerprint density at radius 3 is 2.64 bits per heavy atom. The summed E-state index contributed by atoms with van der Waals surface area (Å²) in [6.45, 7) is 3.61. The predicted octanol–water partition coefficient (Wildman–Crippen LogP) is 3.22. The van der Waals surface area contributed by atoms with E-state index in [1.807, 2.05) is 23.1 Å². The van der Waals surface area contributed by atoms with Crippen LogP contribution in [0.5, 0.6) is 0 Å². The summed E-state index contributed by atoms with van der Waals surface area (Å²) < 4.78 is 39.1. The van der Waals surface area contributed by atoms with Crippen molar-refractivity contribution in [3.8, 4) is 0 Å². The number of nitrogens with zero attached hydrogens (tertiary/aromatic N) is 4. The molecule has 1 aromatic heterocycles. The van der Waals surface area contributed by atoms with E-state index in [2.05, 4.69) is 16.0 Å². The van der Waals surface area contributed by atoms with Crippen LogP contribution in [0.4, 0.5) is 19.0 Å². The number of benzene rings is 1. The molecular weight excluding hydrogens is 369 g/mol. The van der Waals surface area contributed by atoms with Crippen LogP contribution in [0.3, 0.4) is 0 Å². The van der Waals surface area contributed by atoms with Crippen LogP contribution in [0.25, 0.3) is 0 Å². The minimum Gasteiger partial charge on any atom is -0.356 e. The average molecular weight is 390 g/mol. The van der Waals surface area contributed by atoms with E-state index < -0.39 is 11.9 Å². The molecule has 0 N–H and O–H groups in total. The van der Waals surface area contributed by atoms with Crippen LogP contribution in [-0.2, 0) is 23.9 Å². The van der Waals surface area contributed by atoms with Gasteiger partial charge in [-0.2, -0.15) is 13.2 Å². The lowest BCUT2D eigenvalue weighted by molar-refractivity contribution is -0.141. The monoisotopic (exact) mass is 390 g/mol. The molecule has 2 aliphatic heterocycles. The van der Waals surface area contributed by atoms with E-state index in [0.717, 1.165) is 18.1 Å². The molecule has 4 rings (SSSR count). The highest BCUT2D eigenvalue weighted by Gasteiger charge is 2.36. The van der Waals surface area contributed by atoms with E-state index in [0.29, 0.717) is 32.6 Å². The molecule has 1 aromatic carbocycles. The van der Waals surface area contributed by atoms with Crippen molar-refractivity contribution in [1.29, 1.82) is 0 Å². The highest BCUT2D eigenvalue weighted by Crippen LogP contribution is 2.32. The van der Waals surface area contributed by atoms with Crippen LogP contribution in [0, 0.1) is 12.8 Å². The Hall–Kier alpha value is -2.64. The van der Waals surface area contributed by atoms with Gasteiger partial charge in [-0.1, -0.05) is 24.3 Å². The van der Waals surface area contributed by atoms with Crippen LogP contribution in [0.1, 0.15) is 29.1 Å². The van der Waals surface area contributed by atoms with Gasteiger partial charge in [-0.05, 0) is 30.9 Å². The van der Waals surface area contributed by atoms with Gasteiger partial charge >= 0.3 is 6.18 Å². The van der Waals surface area contributed by atoms with Gasteiger partial charge in [-0.25, -0.2) is 9.97 Å². The Bertz CT molecular complexity index is 899. The summed E-state index contributed by atoms with van der Waals surface area (Å²) in [5, 5.41) is 0. The number of alkyl halides is 3. The van der Waals surface area contributed by atoms with Crippen molar-refractivity contribution in [1.82, 2.24) is 14.9 Å². The van der Waals surface area contributed by atoms with Gasteiger partial charge in [0.1, 0.15) is 17.3 Å². The second-order valence-electron chi connectivity index (χ2n) is 7.37. The number of amides is 1. The van der Waals surface area contributed by atoms with E-state index in [-0.39, 0.29) is 23.5 Å². The SMILES string of the molecule is Cc1nc(N2CCC(C(=O)N3CCc4ccccc4C3)C2)cc(C(F)(F)F)n1. The molecule has 2 aliphatic rings. The predicted molar refractivity (Wildman–Crippen MR) is 97.7 cm³/mol. The zero-order valence-corrected chi connectivity index (χ0v) is 15.5. The molecule has 2 aromatic rings. The van der Waals surface area contributed by atoms with Crippen molar-refractivity contribution in [2.45, 2.75) is 32.5 Å². The minimum atomic E-state index is -4.52. The van der Waals surface area contributed by atoms with Crippen molar-refractivity contribution < 1.29 is 18.0 Å². The quantitative estimate of drug-likeness (QED) is 0.790. The Labute approximate surface area is 161 Å². The third-order valence-electron chi connectivity index (χ3n) is 5.42. The summed E-state index contributed by atoms with van der Waals surface area (Å²) in [6.07, 6.45) is -3.07. The zero-order valence-electron chi connectivity index (χ0n) is 15.5. The second-order valence-corrected chi connectivity index (χ2v) is 7.37. The molecular formula is C20H21F3N4O. The summed E-state index contributed by atoms with van der Waals surface area (Å²) in [6, 6.07) is 9.07. The van der Waals surface area contributed by atoms with Crippen LogP contribution in [0.2, 0.25) is 0 Å². The number of halogens is 3. The van der Waals surface area contributed by atoms with Crippen LogP contribution >= 0.6 is 0 Å². The summed E-state index contributed by atoms with van der Waals surface area (Å²) in [5.74, 6) is 0.153. The molecule has 1 atom stereocenters. The molecule has 1 saturated heterocycles. The van der Waals surface area contributed by atoms with Crippen LogP contribution in [0.15, 0.2) is 30.3 Å². The molecule has 148 valence electrons. The van der Waals surface area contributed by atoms with E-state index in [4.69, 9.17) is 0 Å². The van der Waals surface area contributed by atoms with Gasteiger partial charge in [0, 0.05) is 32.2 Å².